The van der Waals surface area contributed by atoms with E-state index in [1.807, 2.05) is 0 Å². The molecule has 0 atom stereocenters. The molecule has 0 unspecified atom stereocenters. The Kier molecular flexibility index (Phi) is 5.02. The maximum Gasteiger partial charge on any atom is 0.182 e. The third-order valence-corrected chi connectivity index (χ3v) is 2.23. The van der Waals surface area contributed by atoms with Crippen LogP contribution in [0.1, 0.15) is 32.9 Å². The lowest BCUT2D eigenvalue weighted by Gasteiger charge is -2.13. The van der Waals surface area contributed by atoms with E-state index in [4.69, 9.17) is 4.74 Å². The third-order valence-electron chi connectivity index (χ3n) is 2.23. The molecular formula is C12H21N3O. The molecule has 1 aromatic heterocycles. The fourth-order valence-electron chi connectivity index (χ4n) is 1.53. The molecule has 0 amide bonds. The van der Waals surface area contributed by atoms with E-state index in [9.17, 15) is 0 Å². The van der Waals surface area contributed by atoms with Gasteiger partial charge in [0.15, 0.2) is 11.6 Å². The minimum atomic E-state index is 0.558. The Balaban J connectivity index is 2.91. The van der Waals surface area contributed by atoms with Crippen LogP contribution in [0.2, 0.25) is 0 Å². The average molecular weight is 223 g/mol. The second-order valence-corrected chi connectivity index (χ2v) is 4.23. The van der Waals surface area contributed by atoms with Crippen LogP contribution >= 0.6 is 0 Å². The number of nitrogens with zero attached hydrogens (tertiary/aromatic N) is 2. The smallest absolute Gasteiger partial charge is 0.182 e. The number of methoxy groups -OCH3 is 1. The van der Waals surface area contributed by atoms with Crippen molar-refractivity contribution in [3.8, 4) is 5.75 Å². The summed E-state index contributed by atoms with van der Waals surface area (Å²) in [6, 6.07) is 0. The predicted molar refractivity (Wildman–Crippen MR) is 65.9 cm³/mol. The number of aromatic nitrogens is 2. The quantitative estimate of drug-likeness (QED) is 0.805. The average Bonchev–Trinajstić information content (AvgIpc) is 2.25. The summed E-state index contributed by atoms with van der Waals surface area (Å²) in [4.78, 5) is 8.49. The first-order valence-corrected chi connectivity index (χ1v) is 5.80. The highest BCUT2D eigenvalue weighted by Crippen LogP contribution is 2.26. The molecule has 0 aliphatic heterocycles. The van der Waals surface area contributed by atoms with Crippen molar-refractivity contribution in [2.24, 2.45) is 5.92 Å². The minimum absolute atomic E-state index is 0.558. The number of ether oxygens (including phenoxy) is 1. The van der Waals surface area contributed by atoms with Gasteiger partial charge < -0.3 is 10.1 Å². The van der Waals surface area contributed by atoms with Gasteiger partial charge in [0.2, 0.25) is 0 Å². The van der Waals surface area contributed by atoms with Crippen LogP contribution in [0.25, 0.3) is 0 Å². The van der Waals surface area contributed by atoms with Gasteiger partial charge in [0.05, 0.1) is 12.8 Å². The van der Waals surface area contributed by atoms with E-state index in [0.717, 1.165) is 36.6 Å². The maximum atomic E-state index is 5.39. The van der Waals surface area contributed by atoms with Crippen LogP contribution in [-0.2, 0) is 6.42 Å². The summed E-state index contributed by atoms with van der Waals surface area (Å²) in [5.74, 6) is 2.14. The zero-order valence-electron chi connectivity index (χ0n) is 10.6. The van der Waals surface area contributed by atoms with Crippen LogP contribution in [0.5, 0.6) is 5.75 Å². The van der Waals surface area contributed by atoms with Crippen molar-refractivity contribution in [1.29, 1.82) is 0 Å². The van der Waals surface area contributed by atoms with E-state index in [2.05, 4.69) is 36.1 Å². The van der Waals surface area contributed by atoms with Gasteiger partial charge in [0, 0.05) is 6.54 Å². The Hall–Kier alpha value is -1.32. The third kappa shape index (κ3) is 3.36. The number of hydrogen-bond acceptors (Lipinski definition) is 4. The molecule has 1 heterocycles. The summed E-state index contributed by atoms with van der Waals surface area (Å²) in [5, 5.41) is 3.25. The van der Waals surface area contributed by atoms with Crippen molar-refractivity contribution in [2.45, 2.75) is 33.6 Å². The van der Waals surface area contributed by atoms with Crippen LogP contribution in [0.3, 0.4) is 0 Å². The van der Waals surface area contributed by atoms with E-state index in [1.165, 1.54) is 0 Å². The van der Waals surface area contributed by atoms with Crippen molar-refractivity contribution in [3.63, 3.8) is 0 Å². The fraction of sp³-hybridized carbons (Fsp3) is 0.667. The SMILES string of the molecule is CCCNc1ncnc(CC(C)C)c1OC. The maximum absolute atomic E-state index is 5.39. The molecule has 1 aromatic rings. The second kappa shape index (κ2) is 6.30. The lowest BCUT2D eigenvalue weighted by atomic mass is 10.1. The highest BCUT2D eigenvalue weighted by molar-refractivity contribution is 5.52. The Morgan fingerprint density at radius 1 is 1.38 bits per heavy atom. The molecule has 0 bridgehead atoms. The number of hydrogen-bond donors (Lipinski definition) is 1. The summed E-state index contributed by atoms with van der Waals surface area (Å²) in [5.41, 5.74) is 0.978. The summed E-state index contributed by atoms with van der Waals surface area (Å²) in [6.45, 7) is 7.35. The Morgan fingerprint density at radius 3 is 2.69 bits per heavy atom. The van der Waals surface area contributed by atoms with Crippen LogP contribution in [0.15, 0.2) is 6.33 Å². The molecule has 1 rings (SSSR count). The number of rotatable bonds is 6. The molecule has 90 valence electrons. The molecule has 0 aliphatic rings. The Labute approximate surface area is 97.5 Å². The van der Waals surface area contributed by atoms with Crippen LogP contribution < -0.4 is 10.1 Å². The molecular weight excluding hydrogens is 202 g/mol. The number of anilines is 1. The Morgan fingerprint density at radius 2 is 2.12 bits per heavy atom. The molecule has 0 saturated carbocycles. The zero-order chi connectivity index (χ0) is 12.0. The van der Waals surface area contributed by atoms with Crippen molar-refractivity contribution in [3.05, 3.63) is 12.0 Å². The van der Waals surface area contributed by atoms with Crippen molar-refractivity contribution < 1.29 is 4.74 Å². The fourth-order valence-corrected chi connectivity index (χ4v) is 1.53. The van der Waals surface area contributed by atoms with Crippen molar-refractivity contribution in [2.75, 3.05) is 19.0 Å². The van der Waals surface area contributed by atoms with Gasteiger partial charge in [-0.1, -0.05) is 20.8 Å². The monoisotopic (exact) mass is 223 g/mol. The highest BCUT2D eigenvalue weighted by atomic mass is 16.5. The minimum Gasteiger partial charge on any atom is -0.491 e. The zero-order valence-corrected chi connectivity index (χ0v) is 10.6. The van der Waals surface area contributed by atoms with E-state index in [1.54, 1.807) is 13.4 Å². The first-order chi connectivity index (χ1) is 7.69. The van der Waals surface area contributed by atoms with Gasteiger partial charge in [0.1, 0.15) is 6.33 Å². The topological polar surface area (TPSA) is 47.0 Å². The van der Waals surface area contributed by atoms with E-state index in [0.29, 0.717) is 5.92 Å². The highest BCUT2D eigenvalue weighted by Gasteiger charge is 2.12. The Bertz CT molecular complexity index is 326. The first-order valence-electron chi connectivity index (χ1n) is 5.80. The van der Waals surface area contributed by atoms with Crippen molar-refractivity contribution >= 4 is 5.82 Å². The summed E-state index contributed by atoms with van der Waals surface area (Å²) >= 11 is 0. The van der Waals surface area contributed by atoms with Gasteiger partial charge in [-0.3, -0.25) is 0 Å². The molecule has 0 spiro atoms. The summed E-state index contributed by atoms with van der Waals surface area (Å²) in [7, 11) is 1.67. The largest absolute Gasteiger partial charge is 0.491 e. The van der Waals surface area contributed by atoms with Crippen molar-refractivity contribution in [1.82, 2.24) is 9.97 Å². The number of nitrogens with one attached hydrogen (secondary N) is 1. The van der Waals surface area contributed by atoms with Gasteiger partial charge in [-0.15, -0.1) is 0 Å². The molecule has 0 aromatic carbocycles. The molecule has 0 fully saturated rings. The molecule has 0 saturated heterocycles. The molecule has 0 radical (unpaired) electrons. The standard InChI is InChI=1S/C12H21N3O/c1-5-6-13-12-11(16-4)10(7-9(2)3)14-8-15-12/h8-9H,5-7H2,1-4H3,(H,13,14,15). The lowest BCUT2D eigenvalue weighted by Crippen LogP contribution is -2.08. The van der Waals surface area contributed by atoms with E-state index in [-0.39, 0.29) is 0 Å². The summed E-state index contributed by atoms with van der Waals surface area (Å²) in [6.07, 6.45) is 3.57. The summed E-state index contributed by atoms with van der Waals surface area (Å²) < 4.78 is 5.39. The van der Waals surface area contributed by atoms with Gasteiger partial charge in [-0.05, 0) is 18.8 Å². The second-order valence-electron chi connectivity index (χ2n) is 4.23. The molecule has 1 N–H and O–H groups in total. The van der Waals surface area contributed by atoms with Crippen LogP contribution in [0.4, 0.5) is 5.82 Å². The molecule has 4 heteroatoms. The first kappa shape index (κ1) is 12.7. The normalized spacial score (nSPS) is 10.6. The molecule has 16 heavy (non-hydrogen) atoms. The molecule has 0 aliphatic carbocycles. The molecule has 4 nitrogen and oxygen atoms in total. The van der Waals surface area contributed by atoms with Gasteiger partial charge in [-0.25, -0.2) is 9.97 Å². The predicted octanol–water partition coefficient (Wildman–Crippen LogP) is 2.51. The van der Waals surface area contributed by atoms with Gasteiger partial charge >= 0.3 is 0 Å². The van der Waals surface area contributed by atoms with Gasteiger partial charge in [0.25, 0.3) is 0 Å². The van der Waals surface area contributed by atoms with Crippen LogP contribution in [-0.4, -0.2) is 23.6 Å². The van der Waals surface area contributed by atoms with Crippen LogP contribution in [0, 0.1) is 5.92 Å². The van der Waals surface area contributed by atoms with E-state index < -0.39 is 0 Å². The van der Waals surface area contributed by atoms with Gasteiger partial charge in [-0.2, -0.15) is 0 Å². The lowest BCUT2D eigenvalue weighted by molar-refractivity contribution is 0.403. The van der Waals surface area contributed by atoms with E-state index >= 15 is 0 Å².